The molecule has 0 aliphatic rings. The summed E-state index contributed by atoms with van der Waals surface area (Å²) >= 11 is 1.49. The van der Waals surface area contributed by atoms with Crippen LogP contribution in [0.1, 0.15) is 16.3 Å². The number of hydrogen-bond donors (Lipinski definition) is 1. The summed E-state index contributed by atoms with van der Waals surface area (Å²) in [5.41, 5.74) is 0. The monoisotopic (exact) mass is 199 g/mol. The summed E-state index contributed by atoms with van der Waals surface area (Å²) in [5, 5.41) is 9.11. The molecule has 0 fully saturated rings. The number of nitrogens with zero attached hydrogens (tertiary/aromatic N) is 1. The first-order valence-electron chi connectivity index (χ1n) is 3.77. The highest BCUT2D eigenvalue weighted by molar-refractivity contribution is 7.11. The lowest BCUT2D eigenvalue weighted by molar-refractivity contribution is -0.149. The van der Waals surface area contributed by atoms with Gasteiger partial charge in [-0.15, -0.1) is 11.3 Å². The molecule has 5 heteroatoms. The molecule has 0 saturated carbocycles. The fourth-order valence-corrected chi connectivity index (χ4v) is 1.63. The first-order chi connectivity index (χ1) is 6.09. The maximum absolute atomic E-state index is 10.7. The molecule has 0 spiro atoms. The predicted molar refractivity (Wildman–Crippen MR) is 47.8 cm³/mol. The van der Waals surface area contributed by atoms with Crippen LogP contribution in [-0.2, 0) is 16.0 Å². The smallest absolute Gasteiger partial charge is 0.372 e. The van der Waals surface area contributed by atoms with Gasteiger partial charge >= 0.3 is 5.97 Å². The molecule has 0 atom stereocenters. The van der Waals surface area contributed by atoms with E-state index in [1.807, 2.05) is 6.92 Å². The van der Waals surface area contributed by atoms with Crippen LogP contribution in [0, 0.1) is 6.92 Å². The van der Waals surface area contributed by atoms with Gasteiger partial charge in [0.25, 0.3) is 0 Å². The zero-order chi connectivity index (χ0) is 9.84. The number of carbonyl (C=O) groups excluding carboxylic acids is 1. The number of aromatic nitrogens is 1. The minimum absolute atomic E-state index is 0.0300. The zero-order valence-electron chi connectivity index (χ0n) is 7.11. The molecule has 70 valence electrons. The van der Waals surface area contributed by atoms with Crippen molar-refractivity contribution < 1.29 is 14.7 Å². The van der Waals surface area contributed by atoms with Crippen LogP contribution in [0.5, 0.6) is 0 Å². The Morgan fingerprint density at radius 1 is 1.62 bits per heavy atom. The fraction of sp³-hybridized carbons (Fsp3) is 0.375. The largest absolute Gasteiger partial charge is 0.476 e. The van der Waals surface area contributed by atoms with Crippen LogP contribution < -0.4 is 0 Å². The van der Waals surface area contributed by atoms with Crippen molar-refractivity contribution >= 4 is 23.1 Å². The normalized spacial score (nSPS) is 9.92. The maximum Gasteiger partial charge on any atom is 0.372 e. The third kappa shape index (κ3) is 2.95. The van der Waals surface area contributed by atoms with Crippen molar-refractivity contribution in [1.82, 2.24) is 4.98 Å². The number of aryl methyl sites for hydroxylation is 2. The Balaban J connectivity index is 2.44. The van der Waals surface area contributed by atoms with Crippen LogP contribution in [0.3, 0.4) is 0 Å². The van der Waals surface area contributed by atoms with E-state index in [0.717, 1.165) is 9.88 Å². The molecule has 0 bridgehead atoms. The molecule has 0 amide bonds. The maximum atomic E-state index is 10.7. The molecule has 0 aromatic carbocycles. The van der Waals surface area contributed by atoms with Crippen LogP contribution in [0.15, 0.2) is 6.20 Å². The molecule has 1 aromatic rings. The van der Waals surface area contributed by atoms with Gasteiger partial charge in [0.1, 0.15) is 0 Å². The molecular weight excluding hydrogens is 190 g/mol. The summed E-state index contributed by atoms with van der Waals surface area (Å²) in [6.45, 7) is 1.92. The number of carboxylic acids is 1. The van der Waals surface area contributed by atoms with E-state index in [9.17, 15) is 9.59 Å². The van der Waals surface area contributed by atoms with Crippen LogP contribution in [0.25, 0.3) is 0 Å². The van der Waals surface area contributed by atoms with E-state index in [0.29, 0.717) is 6.42 Å². The van der Waals surface area contributed by atoms with Crippen molar-refractivity contribution in [3.8, 4) is 0 Å². The van der Waals surface area contributed by atoms with Crippen molar-refractivity contribution in [2.75, 3.05) is 0 Å². The Bertz CT molecular complexity index is 332. The van der Waals surface area contributed by atoms with Gasteiger partial charge in [-0.25, -0.2) is 9.78 Å². The van der Waals surface area contributed by atoms with Gasteiger partial charge in [0.05, 0.1) is 5.01 Å². The third-order valence-electron chi connectivity index (χ3n) is 1.47. The summed E-state index contributed by atoms with van der Waals surface area (Å²) < 4.78 is 0. The van der Waals surface area contributed by atoms with Crippen molar-refractivity contribution in [1.29, 1.82) is 0 Å². The Morgan fingerprint density at radius 2 is 2.31 bits per heavy atom. The van der Waals surface area contributed by atoms with E-state index in [1.165, 1.54) is 11.3 Å². The second kappa shape index (κ2) is 4.13. The van der Waals surface area contributed by atoms with Gasteiger partial charge in [-0.3, -0.25) is 4.79 Å². The van der Waals surface area contributed by atoms with Crippen molar-refractivity contribution in [3.63, 3.8) is 0 Å². The summed E-state index contributed by atoms with van der Waals surface area (Å²) in [4.78, 5) is 25.9. The molecule has 0 aliphatic carbocycles. The number of aliphatic carboxylic acids is 1. The topological polar surface area (TPSA) is 67.3 Å². The molecule has 1 heterocycles. The lowest BCUT2D eigenvalue weighted by atomic mass is 10.2. The number of carbonyl (C=O) groups is 2. The third-order valence-corrected chi connectivity index (χ3v) is 2.45. The van der Waals surface area contributed by atoms with Gasteiger partial charge in [-0.1, -0.05) is 0 Å². The van der Waals surface area contributed by atoms with Crippen molar-refractivity contribution in [2.45, 2.75) is 19.8 Å². The number of rotatable bonds is 4. The molecule has 1 aromatic heterocycles. The summed E-state index contributed by atoms with van der Waals surface area (Å²) in [6.07, 6.45) is 2.16. The Labute approximate surface area is 79.2 Å². The van der Waals surface area contributed by atoms with Gasteiger partial charge in [0.15, 0.2) is 0 Å². The standard InChI is InChI=1S/C8H9NO3S/c1-5-4-9-7(13-5)3-2-6(10)8(11)12/h4H,2-3H2,1H3,(H,11,12). The molecule has 0 unspecified atom stereocenters. The molecule has 0 aliphatic heterocycles. The Kier molecular flexibility index (Phi) is 3.13. The summed E-state index contributed by atoms with van der Waals surface area (Å²) in [6, 6.07) is 0. The summed E-state index contributed by atoms with van der Waals surface area (Å²) in [7, 11) is 0. The van der Waals surface area contributed by atoms with E-state index in [-0.39, 0.29) is 6.42 Å². The van der Waals surface area contributed by atoms with Gasteiger partial charge in [-0.2, -0.15) is 0 Å². The SMILES string of the molecule is Cc1cnc(CCC(=O)C(=O)O)s1. The van der Waals surface area contributed by atoms with Gasteiger partial charge in [-0.05, 0) is 6.92 Å². The van der Waals surface area contributed by atoms with Crippen LogP contribution >= 0.6 is 11.3 Å². The highest BCUT2D eigenvalue weighted by Gasteiger charge is 2.11. The first kappa shape index (κ1) is 9.85. The quantitative estimate of drug-likeness (QED) is 0.735. The van der Waals surface area contributed by atoms with Gasteiger partial charge in [0, 0.05) is 23.9 Å². The minimum Gasteiger partial charge on any atom is -0.476 e. The molecular formula is C8H9NO3S. The number of hydrogen-bond acceptors (Lipinski definition) is 4. The highest BCUT2D eigenvalue weighted by atomic mass is 32.1. The average molecular weight is 199 g/mol. The van der Waals surface area contributed by atoms with Gasteiger partial charge in [0.2, 0.25) is 5.78 Å². The van der Waals surface area contributed by atoms with Crippen molar-refractivity contribution in [3.05, 3.63) is 16.1 Å². The molecule has 1 rings (SSSR count). The Morgan fingerprint density at radius 3 is 2.77 bits per heavy atom. The number of Topliss-reactive ketones (excluding diaryl/α,β-unsaturated/α-hetero) is 1. The highest BCUT2D eigenvalue weighted by Crippen LogP contribution is 2.12. The van der Waals surface area contributed by atoms with Crippen LogP contribution in [0.2, 0.25) is 0 Å². The van der Waals surface area contributed by atoms with Crippen LogP contribution in [-0.4, -0.2) is 21.8 Å². The fourth-order valence-electron chi connectivity index (χ4n) is 0.844. The van der Waals surface area contributed by atoms with E-state index in [2.05, 4.69) is 4.98 Å². The Hall–Kier alpha value is -1.23. The number of thiazole rings is 1. The second-order valence-corrected chi connectivity index (χ2v) is 3.91. The second-order valence-electron chi connectivity index (χ2n) is 2.59. The lowest BCUT2D eigenvalue weighted by Crippen LogP contribution is -2.12. The van der Waals surface area contributed by atoms with Crippen LogP contribution in [0.4, 0.5) is 0 Å². The van der Waals surface area contributed by atoms with Gasteiger partial charge < -0.3 is 5.11 Å². The number of carboxylic acid groups (broad SMARTS) is 1. The minimum atomic E-state index is -1.37. The number of ketones is 1. The molecule has 0 radical (unpaired) electrons. The molecule has 1 N–H and O–H groups in total. The lowest BCUT2D eigenvalue weighted by Gasteiger charge is -1.91. The summed E-state index contributed by atoms with van der Waals surface area (Å²) in [5.74, 6) is -2.12. The van der Waals surface area contributed by atoms with Crippen molar-refractivity contribution in [2.24, 2.45) is 0 Å². The van der Waals surface area contributed by atoms with E-state index < -0.39 is 11.8 Å². The average Bonchev–Trinajstić information content (AvgIpc) is 2.47. The van der Waals surface area contributed by atoms with E-state index in [1.54, 1.807) is 6.20 Å². The predicted octanol–water partition coefficient (Wildman–Crippen LogP) is 1.04. The molecule has 13 heavy (non-hydrogen) atoms. The first-order valence-corrected chi connectivity index (χ1v) is 4.58. The molecule has 4 nitrogen and oxygen atoms in total. The van der Waals surface area contributed by atoms with E-state index >= 15 is 0 Å². The zero-order valence-corrected chi connectivity index (χ0v) is 7.93. The van der Waals surface area contributed by atoms with E-state index in [4.69, 9.17) is 5.11 Å². The molecule has 0 saturated heterocycles.